The molecule has 0 saturated carbocycles. The van der Waals surface area contributed by atoms with Crippen molar-refractivity contribution in [1.82, 2.24) is 0 Å². The van der Waals surface area contributed by atoms with E-state index < -0.39 is 11.9 Å². The van der Waals surface area contributed by atoms with Gasteiger partial charge in [0, 0.05) is 35.5 Å². The summed E-state index contributed by atoms with van der Waals surface area (Å²) in [6, 6.07) is 29.0. The molecule has 0 aliphatic carbocycles. The molecule has 5 heteroatoms. The summed E-state index contributed by atoms with van der Waals surface area (Å²) in [5.41, 5.74) is 3.12. The summed E-state index contributed by atoms with van der Waals surface area (Å²) in [6.07, 6.45) is 2.24. The third-order valence-electron chi connectivity index (χ3n) is 5.58. The summed E-state index contributed by atoms with van der Waals surface area (Å²) < 4.78 is 5.19. The molecule has 3 aromatic rings. The lowest BCUT2D eigenvalue weighted by atomic mass is 9.90. The molecule has 4 rings (SSSR count). The van der Waals surface area contributed by atoms with Crippen LogP contribution in [0, 0.1) is 5.92 Å². The Morgan fingerprint density at radius 3 is 2.09 bits per heavy atom. The first-order chi connectivity index (χ1) is 16.1. The number of thioether (sulfide) groups is 1. The van der Waals surface area contributed by atoms with Crippen molar-refractivity contribution in [2.75, 3.05) is 19.1 Å². The number of allylic oxidation sites excluding steroid dienone is 1. The highest BCUT2D eigenvalue weighted by molar-refractivity contribution is 8.07. The zero-order valence-corrected chi connectivity index (χ0v) is 19.4. The van der Waals surface area contributed by atoms with Gasteiger partial charge in [-0.3, -0.25) is 4.79 Å². The third-order valence-corrected chi connectivity index (χ3v) is 6.91. The second kappa shape index (κ2) is 10.4. The van der Waals surface area contributed by atoms with E-state index in [1.165, 1.54) is 18.9 Å². The van der Waals surface area contributed by atoms with Crippen molar-refractivity contribution in [3.05, 3.63) is 118 Å². The lowest BCUT2D eigenvalue weighted by Gasteiger charge is -2.21. The Bertz CT molecular complexity index is 1190. The number of esters is 1. The Hall–Kier alpha value is -3.57. The Morgan fingerprint density at radius 2 is 1.48 bits per heavy atom. The van der Waals surface area contributed by atoms with Gasteiger partial charge in [-0.25, -0.2) is 4.79 Å². The third kappa shape index (κ3) is 5.10. The average Bonchev–Trinajstić information content (AvgIpc) is 3.22. The van der Waals surface area contributed by atoms with Gasteiger partial charge in [0.05, 0.1) is 17.7 Å². The van der Waals surface area contributed by atoms with Gasteiger partial charge >= 0.3 is 5.97 Å². The van der Waals surface area contributed by atoms with E-state index in [4.69, 9.17) is 4.74 Å². The van der Waals surface area contributed by atoms with E-state index in [2.05, 4.69) is 6.08 Å². The maximum atomic E-state index is 13.2. The Kier molecular flexibility index (Phi) is 7.10. The molecule has 0 spiro atoms. The monoisotopic (exact) mass is 455 g/mol. The van der Waals surface area contributed by atoms with Gasteiger partial charge in [-0.2, -0.15) is 0 Å². The maximum Gasteiger partial charge on any atom is 0.337 e. The van der Waals surface area contributed by atoms with Gasteiger partial charge in [-0.15, -0.1) is 0 Å². The van der Waals surface area contributed by atoms with Crippen LogP contribution in [0.5, 0.6) is 0 Å². The standard InChI is InChI=1S/C28H25NO3S/c1-29(22-16-10-5-11-17-22)27-26(28(31)32-2)23(19-24(30)21-14-8-4-9-15-21)25(33-27)18-20-12-6-3-7-13-20/h3-18,23H,19H2,1-2H3/b25-18-. The molecule has 0 amide bonds. The number of ketones is 1. The fourth-order valence-corrected chi connectivity index (χ4v) is 5.20. The number of Topliss-reactive ketones (excluding diaryl/α,β-unsaturated/α-hetero) is 1. The van der Waals surface area contributed by atoms with Gasteiger partial charge in [0.15, 0.2) is 5.78 Å². The predicted molar refractivity (Wildman–Crippen MR) is 135 cm³/mol. The number of hydrogen-bond acceptors (Lipinski definition) is 5. The van der Waals surface area contributed by atoms with E-state index in [0.29, 0.717) is 11.1 Å². The van der Waals surface area contributed by atoms with Gasteiger partial charge in [-0.05, 0) is 23.8 Å². The molecule has 33 heavy (non-hydrogen) atoms. The number of ether oxygens (including phenoxy) is 1. The second-order valence-corrected chi connectivity index (χ2v) is 8.77. The van der Waals surface area contributed by atoms with Crippen LogP contribution < -0.4 is 4.90 Å². The second-order valence-electron chi connectivity index (χ2n) is 7.71. The first-order valence-electron chi connectivity index (χ1n) is 10.7. The predicted octanol–water partition coefficient (Wildman–Crippen LogP) is 6.18. The molecule has 1 aliphatic rings. The molecular formula is C28H25NO3S. The molecule has 0 fully saturated rings. The zero-order valence-electron chi connectivity index (χ0n) is 18.6. The minimum Gasteiger partial charge on any atom is -0.466 e. The van der Waals surface area contributed by atoms with E-state index in [-0.39, 0.29) is 12.2 Å². The van der Waals surface area contributed by atoms with E-state index in [1.807, 2.05) is 103 Å². The van der Waals surface area contributed by atoms with Crippen LogP contribution in [-0.2, 0) is 9.53 Å². The minimum atomic E-state index is -0.414. The number of nitrogens with zero attached hydrogens (tertiary/aromatic N) is 1. The summed E-state index contributed by atoms with van der Waals surface area (Å²) in [7, 11) is 3.32. The molecular weight excluding hydrogens is 430 g/mol. The topological polar surface area (TPSA) is 46.6 Å². The normalized spacial score (nSPS) is 16.7. The maximum absolute atomic E-state index is 13.2. The van der Waals surface area contributed by atoms with Gasteiger partial charge in [0.2, 0.25) is 0 Å². The zero-order chi connectivity index (χ0) is 23.2. The number of rotatable bonds is 7. The molecule has 166 valence electrons. The highest BCUT2D eigenvalue weighted by Gasteiger charge is 2.39. The average molecular weight is 456 g/mol. The number of carbonyl (C=O) groups excluding carboxylic acids is 2. The highest BCUT2D eigenvalue weighted by atomic mass is 32.2. The molecule has 1 heterocycles. The number of carbonyl (C=O) groups is 2. The van der Waals surface area contributed by atoms with Crippen molar-refractivity contribution >= 4 is 35.3 Å². The van der Waals surface area contributed by atoms with Crippen LogP contribution in [-0.4, -0.2) is 25.9 Å². The molecule has 0 N–H and O–H groups in total. The number of para-hydroxylation sites is 1. The molecule has 0 aromatic heterocycles. The van der Waals surface area contributed by atoms with Gasteiger partial charge in [-0.1, -0.05) is 90.6 Å². The van der Waals surface area contributed by atoms with Crippen molar-refractivity contribution in [2.24, 2.45) is 5.92 Å². The van der Waals surface area contributed by atoms with Crippen molar-refractivity contribution in [2.45, 2.75) is 6.42 Å². The molecule has 4 nitrogen and oxygen atoms in total. The fraction of sp³-hybridized carbons (Fsp3) is 0.143. The quantitative estimate of drug-likeness (QED) is 0.314. The Labute approximate surface area is 198 Å². The number of anilines is 1. The smallest absolute Gasteiger partial charge is 0.337 e. The molecule has 0 bridgehead atoms. The summed E-state index contributed by atoms with van der Waals surface area (Å²) in [4.78, 5) is 29.1. The van der Waals surface area contributed by atoms with Crippen LogP contribution in [0.3, 0.4) is 0 Å². The molecule has 0 radical (unpaired) electrons. The van der Waals surface area contributed by atoms with Crippen molar-refractivity contribution in [3.8, 4) is 0 Å². The highest BCUT2D eigenvalue weighted by Crippen LogP contribution is 2.50. The Morgan fingerprint density at radius 1 is 0.909 bits per heavy atom. The van der Waals surface area contributed by atoms with Crippen molar-refractivity contribution in [3.63, 3.8) is 0 Å². The van der Waals surface area contributed by atoms with Crippen LogP contribution >= 0.6 is 11.8 Å². The van der Waals surface area contributed by atoms with Crippen molar-refractivity contribution < 1.29 is 14.3 Å². The lowest BCUT2D eigenvalue weighted by Crippen LogP contribution is -2.21. The summed E-state index contributed by atoms with van der Waals surface area (Å²) in [5, 5.41) is 0.779. The Balaban J connectivity index is 1.79. The van der Waals surface area contributed by atoms with Crippen LogP contribution in [0.2, 0.25) is 0 Å². The van der Waals surface area contributed by atoms with Crippen LogP contribution in [0.4, 0.5) is 5.69 Å². The molecule has 1 atom stereocenters. The van der Waals surface area contributed by atoms with Crippen LogP contribution in [0.15, 0.2) is 107 Å². The van der Waals surface area contributed by atoms with Crippen LogP contribution in [0.25, 0.3) is 6.08 Å². The summed E-state index contributed by atoms with van der Waals surface area (Å²) in [5.74, 6) is -0.815. The molecule has 1 aliphatic heterocycles. The first kappa shape index (κ1) is 22.6. The fourth-order valence-electron chi connectivity index (χ4n) is 3.86. The summed E-state index contributed by atoms with van der Waals surface area (Å²) in [6.45, 7) is 0. The van der Waals surface area contributed by atoms with E-state index in [1.54, 1.807) is 0 Å². The minimum absolute atomic E-state index is 0.00909. The number of methoxy groups -OCH3 is 1. The van der Waals surface area contributed by atoms with E-state index in [0.717, 1.165) is 21.2 Å². The van der Waals surface area contributed by atoms with Gasteiger partial charge in [0.25, 0.3) is 0 Å². The first-order valence-corrected chi connectivity index (χ1v) is 11.5. The summed E-state index contributed by atoms with van der Waals surface area (Å²) >= 11 is 1.52. The molecule has 0 saturated heterocycles. The SMILES string of the molecule is COC(=O)C1=C(N(C)c2ccccc2)S/C(=C\c2ccccc2)C1CC(=O)c1ccccc1. The molecule has 3 aromatic carbocycles. The lowest BCUT2D eigenvalue weighted by molar-refractivity contribution is -0.136. The van der Waals surface area contributed by atoms with Gasteiger partial charge in [0.1, 0.15) is 0 Å². The molecule has 1 unspecified atom stereocenters. The van der Waals surface area contributed by atoms with Crippen LogP contribution in [0.1, 0.15) is 22.3 Å². The van der Waals surface area contributed by atoms with Crippen molar-refractivity contribution in [1.29, 1.82) is 0 Å². The van der Waals surface area contributed by atoms with Gasteiger partial charge < -0.3 is 9.64 Å². The number of benzene rings is 3. The van der Waals surface area contributed by atoms with E-state index >= 15 is 0 Å². The van der Waals surface area contributed by atoms with E-state index in [9.17, 15) is 9.59 Å². The largest absolute Gasteiger partial charge is 0.466 e. The number of hydrogen-bond donors (Lipinski definition) is 0.